The molecular formula is C10H16O. The highest BCUT2D eigenvalue weighted by Gasteiger charge is 2.42. The van der Waals surface area contributed by atoms with Crippen LogP contribution in [0.15, 0.2) is 12.2 Å². The monoisotopic (exact) mass is 152 g/mol. The van der Waals surface area contributed by atoms with Crippen LogP contribution >= 0.6 is 0 Å². The molecule has 0 radical (unpaired) electrons. The first-order chi connectivity index (χ1) is 5.33. The highest BCUT2D eigenvalue weighted by Crippen LogP contribution is 2.45. The molecule has 0 amide bonds. The average Bonchev–Trinajstić information content (AvgIpc) is 2.54. The Bertz CT molecular complexity index is 174. The van der Waals surface area contributed by atoms with Crippen LogP contribution in [0.25, 0.3) is 0 Å². The summed E-state index contributed by atoms with van der Waals surface area (Å²) in [5, 5.41) is 9.76. The normalized spacial score (nSPS) is 47.1. The fourth-order valence-electron chi connectivity index (χ4n) is 2.62. The Morgan fingerprint density at radius 3 is 2.64 bits per heavy atom. The molecule has 1 fully saturated rings. The summed E-state index contributed by atoms with van der Waals surface area (Å²) in [7, 11) is 0. The minimum absolute atomic E-state index is 0.0232. The molecule has 0 spiro atoms. The van der Waals surface area contributed by atoms with Gasteiger partial charge in [0.25, 0.3) is 0 Å². The van der Waals surface area contributed by atoms with Crippen molar-refractivity contribution in [3.8, 4) is 0 Å². The predicted octanol–water partition coefficient (Wildman–Crippen LogP) is 1.97. The summed E-state index contributed by atoms with van der Waals surface area (Å²) >= 11 is 0. The van der Waals surface area contributed by atoms with Gasteiger partial charge in [0.15, 0.2) is 0 Å². The second-order valence-electron chi connectivity index (χ2n) is 3.89. The number of aliphatic hydroxyl groups is 1. The van der Waals surface area contributed by atoms with Gasteiger partial charge in [-0.3, -0.25) is 0 Å². The fraction of sp³-hybridized carbons (Fsp3) is 0.800. The van der Waals surface area contributed by atoms with Crippen LogP contribution in [0, 0.1) is 17.8 Å². The molecule has 0 heterocycles. The highest BCUT2D eigenvalue weighted by atomic mass is 16.3. The molecule has 0 aromatic carbocycles. The van der Waals surface area contributed by atoms with Crippen molar-refractivity contribution in [3.05, 3.63) is 12.2 Å². The molecule has 1 nitrogen and oxygen atoms in total. The first kappa shape index (κ1) is 7.35. The first-order valence-corrected chi connectivity index (χ1v) is 4.69. The van der Waals surface area contributed by atoms with Gasteiger partial charge in [-0.2, -0.15) is 0 Å². The second-order valence-corrected chi connectivity index (χ2v) is 3.89. The summed E-state index contributed by atoms with van der Waals surface area (Å²) in [5.74, 6) is 1.78. The van der Waals surface area contributed by atoms with E-state index in [-0.39, 0.29) is 6.10 Å². The molecule has 0 aliphatic heterocycles. The molecule has 1 saturated carbocycles. The van der Waals surface area contributed by atoms with Gasteiger partial charge < -0.3 is 5.11 Å². The van der Waals surface area contributed by atoms with E-state index in [1.807, 2.05) is 0 Å². The summed E-state index contributed by atoms with van der Waals surface area (Å²) in [4.78, 5) is 0. The number of aliphatic hydroxyl groups excluding tert-OH is 1. The fourth-order valence-corrected chi connectivity index (χ4v) is 2.62. The van der Waals surface area contributed by atoms with Crippen molar-refractivity contribution in [1.82, 2.24) is 0 Å². The van der Waals surface area contributed by atoms with Gasteiger partial charge in [0.05, 0.1) is 6.10 Å². The lowest BCUT2D eigenvalue weighted by atomic mass is 9.87. The van der Waals surface area contributed by atoms with Crippen LogP contribution in [0.3, 0.4) is 0 Å². The van der Waals surface area contributed by atoms with E-state index in [0.717, 1.165) is 0 Å². The maximum absolute atomic E-state index is 9.76. The molecule has 0 aromatic rings. The van der Waals surface area contributed by atoms with E-state index in [1.165, 1.54) is 19.3 Å². The second kappa shape index (κ2) is 2.63. The molecule has 1 N–H and O–H groups in total. The van der Waals surface area contributed by atoms with Gasteiger partial charge in [-0.15, -0.1) is 0 Å². The van der Waals surface area contributed by atoms with Gasteiger partial charge in [-0.1, -0.05) is 25.5 Å². The van der Waals surface area contributed by atoms with Crippen LogP contribution in [0.4, 0.5) is 0 Å². The topological polar surface area (TPSA) is 20.2 Å². The van der Waals surface area contributed by atoms with E-state index in [1.54, 1.807) is 0 Å². The van der Waals surface area contributed by atoms with Crippen molar-refractivity contribution in [2.24, 2.45) is 17.8 Å². The molecule has 0 saturated heterocycles. The van der Waals surface area contributed by atoms with Crippen molar-refractivity contribution in [3.63, 3.8) is 0 Å². The minimum atomic E-state index is -0.0232. The Morgan fingerprint density at radius 2 is 2.09 bits per heavy atom. The zero-order valence-corrected chi connectivity index (χ0v) is 7.03. The van der Waals surface area contributed by atoms with Gasteiger partial charge in [0.2, 0.25) is 0 Å². The smallest absolute Gasteiger partial charge is 0.0636 e. The third-order valence-corrected chi connectivity index (χ3v) is 3.20. The van der Waals surface area contributed by atoms with Gasteiger partial charge in [-0.25, -0.2) is 0 Å². The Morgan fingerprint density at radius 1 is 1.36 bits per heavy atom. The van der Waals surface area contributed by atoms with E-state index < -0.39 is 0 Å². The van der Waals surface area contributed by atoms with Crippen molar-refractivity contribution in [2.75, 3.05) is 0 Å². The number of fused-ring (bicyclic) bond motifs is 2. The van der Waals surface area contributed by atoms with E-state index in [0.29, 0.717) is 17.8 Å². The molecule has 11 heavy (non-hydrogen) atoms. The molecule has 4 unspecified atom stereocenters. The van der Waals surface area contributed by atoms with Crippen molar-refractivity contribution in [1.29, 1.82) is 0 Å². The number of hydrogen-bond donors (Lipinski definition) is 1. The largest absolute Gasteiger partial charge is 0.392 e. The van der Waals surface area contributed by atoms with E-state index in [4.69, 9.17) is 0 Å². The third kappa shape index (κ3) is 1.02. The van der Waals surface area contributed by atoms with Crippen molar-refractivity contribution in [2.45, 2.75) is 32.3 Å². The molecular weight excluding hydrogens is 136 g/mol. The predicted molar refractivity (Wildman–Crippen MR) is 45.1 cm³/mol. The zero-order valence-electron chi connectivity index (χ0n) is 7.03. The van der Waals surface area contributed by atoms with Crippen molar-refractivity contribution < 1.29 is 5.11 Å². The van der Waals surface area contributed by atoms with Gasteiger partial charge in [0, 0.05) is 5.92 Å². The maximum atomic E-state index is 9.76. The van der Waals surface area contributed by atoms with Gasteiger partial charge >= 0.3 is 0 Å². The van der Waals surface area contributed by atoms with Crippen LogP contribution in [0.2, 0.25) is 0 Å². The van der Waals surface area contributed by atoms with E-state index in [2.05, 4.69) is 19.1 Å². The summed E-state index contributed by atoms with van der Waals surface area (Å²) in [6.45, 7) is 2.20. The lowest BCUT2D eigenvalue weighted by Crippen LogP contribution is -2.24. The number of hydrogen-bond acceptors (Lipinski definition) is 1. The summed E-state index contributed by atoms with van der Waals surface area (Å²) < 4.78 is 0. The Labute approximate surface area is 68.1 Å². The van der Waals surface area contributed by atoms with Gasteiger partial charge in [-0.05, 0) is 24.7 Å². The first-order valence-electron chi connectivity index (χ1n) is 4.69. The van der Waals surface area contributed by atoms with Crippen LogP contribution in [0.1, 0.15) is 26.2 Å². The summed E-state index contributed by atoms with van der Waals surface area (Å²) in [5.41, 5.74) is 0. The molecule has 0 aromatic heterocycles. The van der Waals surface area contributed by atoms with Crippen LogP contribution < -0.4 is 0 Å². The molecule has 62 valence electrons. The molecule has 4 atom stereocenters. The standard InChI is InChI=1S/C10H16O/c1-2-3-9-7-4-5-8(6-7)10(9)11/h4-5,7-11H,2-3,6H2,1H3. The molecule has 1 heteroatoms. The molecule has 2 bridgehead atoms. The van der Waals surface area contributed by atoms with E-state index in [9.17, 15) is 5.11 Å². The van der Waals surface area contributed by atoms with Crippen LogP contribution in [0.5, 0.6) is 0 Å². The summed E-state index contributed by atoms with van der Waals surface area (Å²) in [6.07, 6.45) is 8.10. The lowest BCUT2D eigenvalue weighted by molar-refractivity contribution is 0.0913. The SMILES string of the molecule is CCCC1C2C=CC(C2)C1O. The van der Waals surface area contributed by atoms with Crippen LogP contribution in [-0.4, -0.2) is 11.2 Å². The van der Waals surface area contributed by atoms with Gasteiger partial charge in [0.1, 0.15) is 0 Å². The Balaban J connectivity index is 2.06. The molecule has 2 aliphatic rings. The molecule has 2 aliphatic carbocycles. The highest BCUT2D eigenvalue weighted by molar-refractivity contribution is 5.13. The quantitative estimate of drug-likeness (QED) is 0.600. The lowest BCUT2D eigenvalue weighted by Gasteiger charge is -2.22. The number of rotatable bonds is 2. The summed E-state index contributed by atoms with van der Waals surface area (Å²) in [6, 6.07) is 0. The van der Waals surface area contributed by atoms with E-state index >= 15 is 0 Å². The minimum Gasteiger partial charge on any atom is -0.392 e. The number of allylic oxidation sites excluding steroid dienone is 1. The Kier molecular flexibility index (Phi) is 1.76. The Hall–Kier alpha value is -0.300. The van der Waals surface area contributed by atoms with Crippen LogP contribution in [-0.2, 0) is 0 Å². The zero-order chi connectivity index (χ0) is 7.84. The maximum Gasteiger partial charge on any atom is 0.0636 e. The average molecular weight is 152 g/mol. The van der Waals surface area contributed by atoms with Crippen molar-refractivity contribution >= 4 is 0 Å². The molecule has 2 rings (SSSR count). The third-order valence-electron chi connectivity index (χ3n) is 3.20.